The number of aliphatic imine (C=N–C) groups is 1. The van der Waals surface area contributed by atoms with E-state index in [-0.39, 0.29) is 0 Å². The van der Waals surface area contributed by atoms with E-state index < -0.39 is 0 Å². The molecule has 0 aliphatic carbocycles. The van der Waals surface area contributed by atoms with Gasteiger partial charge in [-0.3, -0.25) is 4.99 Å². The molecule has 11 rings (SSSR count). The Balaban J connectivity index is 0.956. The highest BCUT2D eigenvalue weighted by Gasteiger charge is 2.16. The van der Waals surface area contributed by atoms with Crippen LogP contribution in [-0.2, 0) is 0 Å². The summed E-state index contributed by atoms with van der Waals surface area (Å²) in [6.07, 6.45) is 2.09. The van der Waals surface area contributed by atoms with Crippen molar-refractivity contribution < 1.29 is 4.42 Å². The van der Waals surface area contributed by atoms with Gasteiger partial charge in [-0.2, -0.15) is 0 Å². The molecule has 63 heavy (non-hydrogen) atoms. The number of rotatable bonds is 9. The molecule has 0 fully saturated rings. The Morgan fingerprint density at radius 1 is 0.460 bits per heavy atom. The molecule has 0 bridgehead atoms. The first-order chi connectivity index (χ1) is 31.1. The van der Waals surface area contributed by atoms with Crippen LogP contribution in [0.3, 0.4) is 0 Å². The van der Waals surface area contributed by atoms with Crippen LogP contribution in [-0.4, -0.2) is 10.3 Å². The van der Waals surface area contributed by atoms with Crippen LogP contribution in [0.15, 0.2) is 240 Å². The van der Waals surface area contributed by atoms with Gasteiger partial charge in [0.15, 0.2) is 0 Å². The van der Waals surface area contributed by atoms with Gasteiger partial charge in [-0.1, -0.05) is 164 Å². The Bertz CT molecular complexity index is 3570. The minimum atomic E-state index is 0.859. The second-order valence-electron chi connectivity index (χ2n) is 16.1. The molecule has 9 aromatic carbocycles. The van der Waals surface area contributed by atoms with Gasteiger partial charge in [0.05, 0.1) is 16.7 Å². The smallest absolute Gasteiger partial charge is 0.136 e. The predicted molar refractivity (Wildman–Crippen MR) is 266 cm³/mol. The number of fused-ring (bicyclic) bond motifs is 6. The summed E-state index contributed by atoms with van der Waals surface area (Å²) in [4.78, 5) is 5.12. The van der Waals surface area contributed by atoms with Crippen molar-refractivity contribution in [2.75, 3.05) is 0 Å². The SMILES string of the molecule is C=C(/C=C(\N=C(/C)c1ccccc1)c1ccccc1)c1cccc(-c2cccc3oc4ccc(-c5cccc(-c6ccc7c(c6)c6ccccc6n7-c6ccccc6)c5)cc4c23)c1. The van der Waals surface area contributed by atoms with Crippen molar-refractivity contribution in [1.82, 2.24) is 4.57 Å². The minimum Gasteiger partial charge on any atom is -0.456 e. The third kappa shape index (κ3) is 7.06. The van der Waals surface area contributed by atoms with E-state index in [1.807, 2.05) is 36.4 Å². The highest BCUT2D eigenvalue weighted by Crippen LogP contribution is 2.40. The van der Waals surface area contributed by atoms with Gasteiger partial charge in [0, 0.05) is 38.5 Å². The number of nitrogens with zero attached hydrogens (tertiary/aromatic N) is 2. The molecule has 0 saturated carbocycles. The van der Waals surface area contributed by atoms with Crippen molar-refractivity contribution >= 4 is 60.7 Å². The van der Waals surface area contributed by atoms with Crippen molar-refractivity contribution in [3.05, 3.63) is 248 Å². The second-order valence-corrected chi connectivity index (χ2v) is 16.1. The van der Waals surface area contributed by atoms with Crippen LogP contribution in [0.5, 0.6) is 0 Å². The van der Waals surface area contributed by atoms with E-state index in [0.717, 1.165) is 83.6 Å². The lowest BCUT2D eigenvalue weighted by atomic mass is 9.94. The first-order valence-corrected chi connectivity index (χ1v) is 21.4. The van der Waals surface area contributed by atoms with E-state index in [9.17, 15) is 0 Å². The van der Waals surface area contributed by atoms with Gasteiger partial charge < -0.3 is 8.98 Å². The molecule has 3 nitrogen and oxygen atoms in total. The average Bonchev–Trinajstić information content (AvgIpc) is 3.90. The number of aromatic nitrogens is 1. The monoisotopic (exact) mass is 806 g/mol. The van der Waals surface area contributed by atoms with Crippen LogP contribution in [0.2, 0.25) is 0 Å². The van der Waals surface area contributed by atoms with Crippen LogP contribution in [0.25, 0.3) is 94.1 Å². The fourth-order valence-corrected chi connectivity index (χ4v) is 8.98. The summed E-state index contributed by atoms with van der Waals surface area (Å²) in [5.74, 6) is 0. The Labute approximate surface area is 366 Å². The summed E-state index contributed by atoms with van der Waals surface area (Å²) in [6, 6.07) is 77.2. The molecule has 2 aromatic heterocycles. The molecule has 0 atom stereocenters. The Kier molecular flexibility index (Phi) is 9.56. The topological polar surface area (TPSA) is 30.4 Å². The van der Waals surface area contributed by atoms with Gasteiger partial charge in [-0.15, -0.1) is 0 Å². The second kappa shape index (κ2) is 16.0. The number of hydrogen-bond acceptors (Lipinski definition) is 2. The first-order valence-electron chi connectivity index (χ1n) is 21.4. The van der Waals surface area contributed by atoms with E-state index in [2.05, 4.69) is 206 Å². The zero-order valence-electron chi connectivity index (χ0n) is 34.9. The molecule has 11 aromatic rings. The molecule has 0 N–H and O–H groups in total. The summed E-state index contributed by atoms with van der Waals surface area (Å²) in [6.45, 7) is 6.61. The van der Waals surface area contributed by atoms with Crippen LogP contribution < -0.4 is 0 Å². The van der Waals surface area contributed by atoms with Crippen molar-refractivity contribution in [3.8, 4) is 39.1 Å². The summed E-state index contributed by atoms with van der Waals surface area (Å²) in [5, 5.41) is 4.66. The standard InChI is InChI=1S/C60H42N2O/c1-40(35-55(43-19-8-4-9-20-43)61-41(2)42-17-6-3-7-18-42)44-21-14-24-49(36-44)51-28-16-30-59-60(51)54-39-48(32-34-58(54)63-59)46-23-15-22-45(37-46)47-31-33-57-53(38-47)52-27-12-13-29-56(52)62(57)50-25-10-5-11-26-50/h3-39H,1H2,2H3/b55-35-,61-41+. The van der Waals surface area contributed by atoms with E-state index in [1.165, 1.54) is 32.9 Å². The van der Waals surface area contributed by atoms with Gasteiger partial charge in [0.25, 0.3) is 0 Å². The van der Waals surface area contributed by atoms with Crippen molar-refractivity contribution in [1.29, 1.82) is 0 Å². The van der Waals surface area contributed by atoms with E-state index >= 15 is 0 Å². The molecule has 3 heteroatoms. The molecular weight excluding hydrogens is 765 g/mol. The minimum absolute atomic E-state index is 0.859. The van der Waals surface area contributed by atoms with Gasteiger partial charge in [-0.05, 0) is 124 Å². The molecule has 298 valence electrons. The highest BCUT2D eigenvalue weighted by atomic mass is 16.3. The summed E-state index contributed by atoms with van der Waals surface area (Å²) in [5.41, 5.74) is 18.0. The average molecular weight is 807 g/mol. The number of furan rings is 1. The van der Waals surface area contributed by atoms with Gasteiger partial charge >= 0.3 is 0 Å². The van der Waals surface area contributed by atoms with E-state index in [1.54, 1.807) is 0 Å². The van der Waals surface area contributed by atoms with Crippen LogP contribution in [0, 0.1) is 0 Å². The predicted octanol–water partition coefficient (Wildman–Crippen LogP) is 16.2. The zero-order chi connectivity index (χ0) is 42.3. The number of allylic oxidation sites excluding steroid dienone is 2. The summed E-state index contributed by atoms with van der Waals surface area (Å²) in [7, 11) is 0. The van der Waals surface area contributed by atoms with Gasteiger partial charge in [0.1, 0.15) is 11.2 Å². The lowest BCUT2D eigenvalue weighted by molar-refractivity contribution is 0.669. The molecule has 0 aliphatic heterocycles. The fraction of sp³-hybridized carbons (Fsp3) is 0.0167. The quantitative estimate of drug-likeness (QED) is 0.106. The molecule has 0 saturated heterocycles. The lowest BCUT2D eigenvalue weighted by Gasteiger charge is -2.10. The maximum atomic E-state index is 6.52. The molecule has 0 radical (unpaired) electrons. The summed E-state index contributed by atoms with van der Waals surface area (Å²) < 4.78 is 8.88. The molecular formula is C60H42N2O. The summed E-state index contributed by atoms with van der Waals surface area (Å²) >= 11 is 0. The zero-order valence-corrected chi connectivity index (χ0v) is 34.9. The highest BCUT2D eigenvalue weighted by molar-refractivity contribution is 6.14. The van der Waals surface area contributed by atoms with E-state index in [4.69, 9.17) is 9.41 Å². The maximum Gasteiger partial charge on any atom is 0.136 e. The number of para-hydroxylation sites is 2. The fourth-order valence-electron chi connectivity index (χ4n) is 8.98. The Morgan fingerprint density at radius 3 is 1.83 bits per heavy atom. The molecule has 2 heterocycles. The molecule has 0 aliphatic rings. The lowest BCUT2D eigenvalue weighted by Crippen LogP contribution is -1.95. The third-order valence-corrected chi connectivity index (χ3v) is 12.1. The number of hydrogen-bond donors (Lipinski definition) is 0. The van der Waals surface area contributed by atoms with Crippen molar-refractivity contribution in [2.45, 2.75) is 6.92 Å². The van der Waals surface area contributed by atoms with Crippen molar-refractivity contribution in [2.24, 2.45) is 4.99 Å². The first kappa shape index (κ1) is 37.7. The Hall–Kier alpha value is -8.27. The number of benzene rings is 9. The Morgan fingerprint density at radius 2 is 1.05 bits per heavy atom. The molecule has 0 spiro atoms. The third-order valence-electron chi connectivity index (χ3n) is 12.1. The maximum absolute atomic E-state index is 6.52. The molecule has 0 unspecified atom stereocenters. The van der Waals surface area contributed by atoms with Gasteiger partial charge in [0.2, 0.25) is 0 Å². The van der Waals surface area contributed by atoms with E-state index in [0.29, 0.717) is 0 Å². The normalized spacial score (nSPS) is 12.1. The molecule has 0 amide bonds. The van der Waals surface area contributed by atoms with Crippen LogP contribution in [0.4, 0.5) is 0 Å². The van der Waals surface area contributed by atoms with Crippen LogP contribution >= 0.6 is 0 Å². The van der Waals surface area contributed by atoms with Crippen LogP contribution in [0.1, 0.15) is 23.6 Å². The van der Waals surface area contributed by atoms with Crippen molar-refractivity contribution in [3.63, 3.8) is 0 Å². The van der Waals surface area contributed by atoms with Gasteiger partial charge in [-0.25, -0.2) is 0 Å². The largest absolute Gasteiger partial charge is 0.456 e.